The molecule has 25 heavy (non-hydrogen) atoms. The van der Waals surface area contributed by atoms with Gasteiger partial charge < -0.3 is 5.11 Å². The minimum absolute atomic E-state index is 0.213. The van der Waals surface area contributed by atoms with E-state index in [0.29, 0.717) is 0 Å². The monoisotopic (exact) mass is 344 g/mol. The van der Waals surface area contributed by atoms with Gasteiger partial charge >= 0.3 is 0 Å². The first-order valence-electron chi connectivity index (χ1n) is 11.1. The number of hydrogen-bond donors (Lipinski definition) is 1. The average Bonchev–Trinajstić information content (AvgIpc) is 2.50. The molecule has 0 aromatic heterocycles. The van der Waals surface area contributed by atoms with Crippen LogP contribution in [0.3, 0.4) is 0 Å². The summed E-state index contributed by atoms with van der Waals surface area (Å²) in [5.41, 5.74) is 0.0577. The molecule has 0 aromatic carbocycles. The van der Waals surface area contributed by atoms with Crippen LogP contribution in [0.15, 0.2) is 0 Å². The zero-order valence-electron chi connectivity index (χ0n) is 15.3. The second kappa shape index (κ2) is 4.47. The van der Waals surface area contributed by atoms with Crippen molar-refractivity contribution in [3.8, 4) is 0 Å². The molecule has 0 amide bonds. The first kappa shape index (κ1) is 14.9. The summed E-state index contributed by atoms with van der Waals surface area (Å²) in [7, 11) is 0. The van der Waals surface area contributed by atoms with E-state index < -0.39 is 6.29 Å². The second-order valence-corrected chi connectivity index (χ2v) is 11.7. The molecule has 8 saturated carbocycles. The van der Waals surface area contributed by atoms with Gasteiger partial charge in [-0.25, -0.2) is 9.78 Å². The minimum atomic E-state index is -0.667. The van der Waals surface area contributed by atoms with E-state index in [1.165, 1.54) is 77.0 Å². The van der Waals surface area contributed by atoms with Gasteiger partial charge in [0.25, 0.3) is 0 Å². The lowest BCUT2D eigenvalue weighted by molar-refractivity contribution is -0.607. The first-order chi connectivity index (χ1) is 12.1. The number of aliphatic hydroxyl groups excluding tert-OH is 1. The molecule has 8 aliphatic carbocycles. The summed E-state index contributed by atoms with van der Waals surface area (Å²) in [4.78, 5) is 11.6. The topological polar surface area (TPSA) is 38.7 Å². The normalized spacial score (nSPS) is 66.8. The lowest BCUT2D eigenvalue weighted by atomic mass is 9.36. The molecule has 1 aliphatic heterocycles. The van der Waals surface area contributed by atoms with Crippen molar-refractivity contribution in [1.29, 1.82) is 0 Å². The molecule has 3 nitrogen and oxygen atoms in total. The number of rotatable bonds is 2. The van der Waals surface area contributed by atoms with Crippen LogP contribution in [0.5, 0.6) is 0 Å². The molecule has 9 aliphatic rings. The van der Waals surface area contributed by atoms with Gasteiger partial charge in [-0.2, -0.15) is 0 Å². The van der Waals surface area contributed by atoms with Crippen molar-refractivity contribution in [2.45, 2.75) is 88.9 Å². The highest BCUT2D eigenvalue weighted by atomic mass is 17.3. The summed E-state index contributed by atoms with van der Waals surface area (Å²) >= 11 is 0. The molecule has 0 radical (unpaired) electrons. The zero-order chi connectivity index (χ0) is 16.4. The zero-order valence-corrected chi connectivity index (χ0v) is 15.3. The van der Waals surface area contributed by atoms with Crippen molar-refractivity contribution in [3.63, 3.8) is 0 Å². The molecule has 8 bridgehead atoms. The van der Waals surface area contributed by atoms with Crippen LogP contribution in [0.25, 0.3) is 0 Å². The standard InChI is InChI=1S/C22H32O3/c23-19-22(25-24-19,20-7-13-1-14(8-20)3-15(2-13)9-20)21-10-16-4-17(11-21)6-18(5-16)12-21/h13-19,23H,1-12H2. The Hall–Kier alpha value is -0.120. The smallest absolute Gasteiger partial charge is 0.222 e. The Labute approximate surface area is 150 Å². The number of hydrogen-bond acceptors (Lipinski definition) is 3. The highest BCUT2D eigenvalue weighted by molar-refractivity contribution is 5.22. The molecular formula is C22H32O3. The quantitative estimate of drug-likeness (QED) is 0.753. The number of aliphatic hydroxyl groups is 1. The third kappa shape index (κ3) is 1.62. The van der Waals surface area contributed by atoms with Gasteiger partial charge in [0, 0.05) is 10.8 Å². The maximum Gasteiger partial charge on any atom is 0.222 e. The van der Waals surface area contributed by atoms with E-state index in [4.69, 9.17) is 9.78 Å². The summed E-state index contributed by atoms with van der Waals surface area (Å²) in [5.74, 6) is 5.38. The summed E-state index contributed by atoms with van der Waals surface area (Å²) in [6.45, 7) is 0. The van der Waals surface area contributed by atoms with Gasteiger partial charge in [0.2, 0.25) is 6.29 Å². The molecule has 0 spiro atoms. The Morgan fingerprint density at radius 3 is 1.08 bits per heavy atom. The highest BCUT2D eigenvalue weighted by Crippen LogP contribution is 2.76. The van der Waals surface area contributed by atoms with Gasteiger partial charge in [0.05, 0.1) is 0 Å². The van der Waals surface area contributed by atoms with Crippen LogP contribution in [0.2, 0.25) is 0 Å². The molecule has 9 fully saturated rings. The van der Waals surface area contributed by atoms with Gasteiger partial charge in [-0.05, 0) is 113 Å². The summed E-state index contributed by atoms with van der Waals surface area (Å²) < 4.78 is 0. The van der Waals surface area contributed by atoms with Crippen LogP contribution >= 0.6 is 0 Å². The van der Waals surface area contributed by atoms with Crippen LogP contribution in [0, 0.1) is 46.3 Å². The molecular weight excluding hydrogens is 312 g/mol. The predicted octanol–water partition coefficient (Wildman–Crippen LogP) is 4.44. The van der Waals surface area contributed by atoms with Crippen molar-refractivity contribution in [2.24, 2.45) is 46.3 Å². The van der Waals surface area contributed by atoms with E-state index in [2.05, 4.69) is 0 Å². The lowest BCUT2D eigenvalue weighted by Crippen LogP contribution is -2.78. The fraction of sp³-hybridized carbons (Fsp3) is 1.00. The average molecular weight is 344 g/mol. The largest absolute Gasteiger partial charge is 0.363 e. The fourth-order valence-electron chi connectivity index (χ4n) is 10.6. The van der Waals surface area contributed by atoms with Crippen LogP contribution in [0.1, 0.15) is 77.0 Å². The third-order valence-corrected chi connectivity index (χ3v) is 10.3. The molecule has 0 aromatic rings. The Balaban J connectivity index is 1.37. The molecule has 1 saturated heterocycles. The molecule has 1 N–H and O–H groups in total. The molecule has 3 heteroatoms. The predicted molar refractivity (Wildman–Crippen MR) is 92.1 cm³/mol. The Morgan fingerprint density at radius 1 is 0.560 bits per heavy atom. The van der Waals surface area contributed by atoms with Crippen LogP contribution < -0.4 is 0 Å². The van der Waals surface area contributed by atoms with Crippen molar-refractivity contribution in [2.75, 3.05) is 0 Å². The van der Waals surface area contributed by atoms with E-state index >= 15 is 0 Å². The molecule has 1 unspecified atom stereocenters. The van der Waals surface area contributed by atoms with E-state index in [-0.39, 0.29) is 16.4 Å². The molecule has 138 valence electrons. The van der Waals surface area contributed by atoms with Crippen LogP contribution in [-0.4, -0.2) is 17.0 Å². The van der Waals surface area contributed by atoms with Crippen LogP contribution in [0.4, 0.5) is 0 Å². The summed E-state index contributed by atoms with van der Waals surface area (Å²) in [5, 5.41) is 11.1. The Morgan fingerprint density at radius 2 is 0.880 bits per heavy atom. The third-order valence-electron chi connectivity index (χ3n) is 10.3. The van der Waals surface area contributed by atoms with Gasteiger partial charge in [0.15, 0.2) is 5.60 Å². The van der Waals surface area contributed by atoms with E-state index in [1.807, 2.05) is 0 Å². The maximum atomic E-state index is 11.1. The van der Waals surface area contributed by atoms with Crippen molar-refractivity contribution < 1.29 is 14.9 Å². The summed E-state index contributed by atoms with van der Waals surface area (Å²) in [6, 6.07) is 0. The lowest BCUT2D eigenvalue weighted by Gasteiger charge is -2.73. The second-order valence-electron chi connectivity index (χ2n) is 11.7. The van der Waals surface area contributed by atoms with Gasteiger partial charge in [-0.1, -0.05) is 0 Å². The maximum absolute atomic E-state index is 11.1. The highest BCUT2D eigenvalue weighted by Gasteiger charge is 2.78. The van der Waals surface area contributed by atoms with Crippen molar-refractivity contribution >= 4 is 0 Å². The Kier molecular flexibility index (Phi) is 2.66. The first-order valence-corrected chi connectivity index (χ1v) is 11.1. The van der Waals surface area contributed by atoms with Crippen LogP contribution in [-0.2, 0) is 9.78 Å². The molecule has 1 heterocycles. The SMILES string of the molecule is OC1OOC1(C12CC3CC(CC(C3)C1)C2)C12CC3CC(CC(C3)C1)C2. The van der Waals surface area contributed by atoms with Gasteiger partial charge in [0.1, 0.15) is 0 Å². The molecule has 1 atom stereocenters. The summed E-state index contributed by atoms with van der Waals surface area (Å²) in [6.07, 6.45) is 15.9. The molecule has 9 rings (SSSR count). The van der Waals surface area contributed by atoms with E-state index in [1.54, 1.807) is 0 Å². The minimum Gasteiger partial charge on any atom is -0.363 e. The van der Waals surface area contributed by atoms with Gasteiger partial charge in [-0.15, -0.1) is 0 Å². The van der Waals surface area contributed by atoms with Crippen molar-refractivity contribution in [3.05, 3.63) is 0 Å². The Bertz CT molecular complexity index is 496. The van der Waals surface area contributed by atoms with Crippen molar-refractivity contribution in [1.82, 2.24) is 0 Å². The van der Waals surface area contributed by atoms with E-state index in [0.717, 1.165) is 35.5 Å². The van der Waals surface area contributed by atoms with Gasteiger partial charge in [-0.3, -0.25) is 0 Å². The fourth-order valence-corrected chi connectivity index (χ4v) is 10.6. The van der Waals surface area contributed by atoms with E-state index in [9.17, 15) is 5.11 Å².